The molecule has 1 saturated heterocycles. The van der Waals surface area contributed by atoms with E-state index in [1.807, 2.05) is 0 Å². The van der Waals surface area contributed by atoms with Crippen molar-refractivity contribution in [2.24, 2.45) is 5.92 Å². The molecule has 152 valence electrons. The number of benzene rings is 1. The number of aromatic nitrogens is 2. The number of alkyl halides is 3. The lowest BCUT2D eigenvalue weighted by molar-refractivity contribution is -0.137. The predicted molar refractivity (Wildman–Crippen MR) is 92.5 cm³/mol. The van der Waals surface area contributed by atoms with Gasteiger partial charge in [-0.3, -0.25) is 10.1 Å². The van der Waals surface area contributed by atoms with Crippen molar-refractivity contribution in [1.82, 2.24) is 14.5 Å². The molecule has 1 aliphatic rings. The van der Waals surface area contributed by atoms with E-state index in [1.165, 1.54) is 16.4 Å². The molecule has 1 aliphatic heterocycles. The van der Waals surface area contributed by atoms with Gasteiger partial charge in [-0.05, 0) is 37.1 Å². The number of nitrogens with one attached hydrogen (secondary N) is 1. The molecule has 0 radical (unpaired) electrons. The Labute approximate surface area is 158 Å². The lowest BCUT2D eigenvalue weighted by Gasteiger charge is -2.29. The molecule has 1 amide bonds. The molecule has 1 aromatic carbocycles. The van der Waals surface area contributed by atoms with Gasteiger partial charge in [0.1, 0.15) is 0 Å². The Bertz CT molecular complexity index is 949. The summed E-state index contributed by atoms with van der Waals surface area (Å²) in [5.74, 6) is -0.814. The quantitative estimate of drug-likeness (QED) is 0.817. The maximum atomic E-state index is 12.6. The molecule has 0 spiro atoms. The van der Waals surface area contributed by atoms with Gasteiger partial charge in [0.05, 0.1) is 11.8 Å². The topological polar surface area (TPSA) is 105 Å². The minimum absolute atomic E-state index is 0.0316. The van der Waals surface area contributed by atoms with Gasteiger partial charge in [0.15, 0.2) is 0 Å². The Morgan fingerprint density at radius 2 is 1.79 bits per heavy atom. The number of rotatable bonds is 4. The fourth-order valence-corrected chi connectivity index (χ4v) is 3.72. The normalized spacial score (nSPS) is 16.9. The number of nitrogens with zero attached hydrogens (tertiary/aromatic N) is 3. The Kier molecular flexibility index (Phi) is 5.44. The Morgan fingerprint density at radius 3 is 2.32 bits per heavy atom. The number of carbonyl (C=O) groups excluding carboxylic acids is 1. The second-order valence-electron chi connectivity index (χ2n) is 6.41. The molecule has 3 rings (SSSR count). The fourth-order valence-electron chi connectivity index (χ4n) is 2.85. The van der Waals surface area contributed by atoms with Crippen LogP contribution in [0.1, 0.15) is 18.4 Å². The van der Waals surface area contributed by atoms with Gasteiger partial charge in [0.25, 0.3) is 0 Å². The highest BCUT2D eigenvalue weighted by Crippen LogP contribution is 2.31. The molecule has 12 heteroatoms. The predicted octanol–water partition coefficient (Wildman–Crippen LogP) is 2.37. The number of amides is 1. The van der Waals surface area contributed by atoms with E-state index in [2.05, 4.69) is 15.5 Å². The second kappa shape index (κ2) is 7.51. The summed E-state index contributed by atoms with van der Waals surface area (Å²) < 4.78 is 67.4. The maximum Gasteiger partial charge on any atom is 0.416 e. The molecule has 1 N–H and O–H groups in total. The third-order valence-electron chi connectivity index (χ3n) is 4.41. The SMILES string of the molecule is CS(=O)(=O)N1CCC(C(=O)Nc2nnc(-c3ccc(C(F)(F)F)cc3)o2)CC1. The standard InChI is InChI=1S/C16H17F3N4O4S/c1-28(25,26)23-8-6-10(7-9-23)13(24)20-15-22-21-14(27-15)11-2-4-12(5-3-11)16(17,18)19/h2-5,10H,6-9H2,1H3,(H,20,22,24). The minimum Gasteiger partial charge on any atom is -0.403 e. The van der Waals surface area contributed by atoms with Gasteiger partial charge >= 0.3 is 12.2 Å². The summed E-state index contributed by atoms with van der Waals surface area (Å²) in [4.78, 5) is 12.3. The van der Waals surface area contributed by atoms with Crippen LogP contribution in [0.5, 0.6) is 0 Å². The zero-order valence-corrected chi connectivity index (χ0v) is 15.5. The van der Waals surface area contributed by atoms with E-state index in [1.54, 1.807) is 0 Å². The summed E-state index contributed by atoms with van der Waals surface area (Å²) in [5.41, 5.74) is -0.521. The van der Waals surface area contributed by atoms with Gasteiger partial charge in [-0.2, -0.15) is 13.2 Å². The number of hydrogen-bond donors (Lipinski definition) is 1. The van der Waals surface area contributed by atoms with Gasteiger partial charge in [0.2, 0.25) is 21.8 Å². The van der Waals surface area contributed by atoms with E-state index in [0.717, 1.165) is 18.4 Å². The van der Waals surface area contributed by atoms with Crippen molar-refractivity contribution >= 4 is 21.9 Å². The van der Waals surface area contributed by atoms with Crippen LogP contribution in [0.15, 0.2) is 28.7 Å². The first-order valence-electron chi connectivity index (χ1n) is 8.31. The van der Waals surface area contributed by atoms with Crippen LogP contribution in [0.4, 0.5) is 19.2 Å². The first-order chi connectivity index (χ1) is 13.0. The first-order valence-corrected chi connectivity index (χ1v) is 10.2. The molecule has 0 saturated carbocycles. The Hall–Kier alpha value is -2.47. The second-order valence-corrected chi connectivity index (χ2v) is 8.40. The average molecular weight is 418 g/mol. The van der Waals surface area contributed by atoms with E-state index >= 15 is 0 Å². The number of hydrogen-bond acceptors (Lipinski definition) is 6. The van der Waals surface area contributed by atoms with Crippen molar-refractivity contribution in [2.45, 2.75) is 19.0 Å². The summed E-state index contributed by atoms with van der Waals surface area (Å²) in [6, 6.07) is 4.01. The van der Waals surface area contributed by atoms with Crippen LogP contribution in [0.2, 0.25) is 0 Å². The molecule has 2 aromatic rings. The van der Waals surface area contributed by atoms with Crippen LogP contribution in [-0.2, 0) is 21.0 Å². The lowest BCUT2D eigenvalue weighted by atomic mass is 9.97. The molecule has 0 unspecified atom stereocenters. The molecule has 8 nitrogen and oxygen atoms in total. The van der Waals surface area contributed by atoms with Crippen molar-refractivity contribution in [1.29, 1.82) is 0 Å². The van der Waals surface area contributed by atoms with Gasteiger partial charge in [-0.15, -0.1) is 5.10 Å². The summed E-state index contributed by atoms with van der Waals surface area (Å²) in [6.45, 7) is 0.495. The van der Waals surface area contributed by atoms with E-state index in [9.17, 15) is 26.4 Å². The largest absolute Gasteiger partial charge is 0.416 e. The van der Waals surface area contributed by atoms with E-state index < -0.39 is 27.7 Å². The van der Waals surface area contributed by atoms with Crippen molar-refractivity contribution in [2.75, 3.05) is 24.7 Å². The van der Waals surface area contributed by atoms with Crippen molar-refractivity contribution in [3.63, 3.8) is 0 Å². The average Bonchev–Trinajstić information content (AvgIpc) is 3.09. The molecular weight excluding hydrogens is 401 g/mol. The number of halogens is 3. The highest BCUT2D eigenvalue weighted by molar-refractivity contribution is 7.88. The zero-order chi connectivity index (χ0) is 20.5. The van der Waals surface area contributed by atoms with E-state index in [4.69, 9.17) is 4.42 Å². The summed E-state index contributed by atoms with van der Waals surface area (Å²) in [6.07, 6.45) is -2.61. The Morgan fingerprint density at radius 1 is 1.18 bits per heavy atom. The van der Waals surface area contributed by atoms with Crippen LogP contribution < -0.4 is 5.32 Å². The van der Waals surface area contributed by atoms with Gasteiger partial charge < -0.3 is 4.42 Å². The third-order valence-corrected chi connectivity index (χ3v) is 5.71. The van der Waals surface area contributed by atoms with E-state index in [0.29, 0.717) is 12.8 Å². The Balaban J connectivity index is 1.61. The number of anilines is 1. The highest BCUT2D eigenvalue weighted by atomic mass is 32.2. The number of sulfonamides is 1. The van der Waals surface area contributed by atoms with Crippen molar-refractivity contribution in [3.8, 4) is 11.5 Å². The van der Waals surface area contributed by atoms with E-state index in [-0.39, 0.29) is 36.5 Å². The number of carbonyl (C=O) groups is 1. The number of piperidine rings is 1. The zero-order valence-electron chi connectivity index (χ0n) is 14.7. The summed E-state index contributed by atoms with van der Waals surface area (Å²) in [5, 5.41) is 9.86. The van der Waals surface area contributed by atoms with Gasteiger partial charge in [-0.25, -0.2) is 12.7 Å². The molecule has 0 aliphatic carbocycles. The molecule has 1 fully saturated rings. The molecule has 0 atom stereocenters. The van der Waals surface area contributed by atoms with Crippen molar-refractivity contribution < 1.29 is 30.8 Å². The van der Waals surface area contributed by atoms with Crippen LogP contribution in [0, 0.1) is 5.92 Å². The molecule has 0 bridgehead atoms. The first kappa shape index (κ1) is 20.3. The minimum atomic E-state index is -4.45. The molecule has 2 heterocycles. The third kappa shape index (κ3) is 4.68. The molecule has 1 aromatic heterocycles. The maximum absolute atomic E-state index is 12.6. The summed E-state index contributed by atoms with van der Waals surface area (Å²) >= 11 is 0. The van der Waals surface area contributed by atoms with Gasteiger partial charge in [-0.1, -0.05) is 5.10 Å². The monoisotopic (exact) mass is 418 g/mol. The van der Waals surface area contributed by atoms with Crippen LogP contribution in [0.25, 0.3) is 11.5 Å². The van der Waals surface area contributed by atoms with Crippen molar-refractivity contribution in [3.05, 3.63) is 29.8 Å². The molecule has 28 heavy (non-hydrogen) atoms. The van der Waals surface area contributed by atoms with Crippen LogP contribution in [0.3, 0.4) is 0 Å². The highest BCUT2D eigenvalue weighted by Gasteiger charge is 2.31. The van der Waals surface area contributed by atoms with Crippen LogP contribution in [-0.4, -0.2) is 48.2 Å². The summed E-state index contributed by atoms with van der Waals surface area (Å²) in [7, 11) is -3.28. The fraction of sp³-hybridized carbons (Fsp3) is 0.438. The van der Waals surface area contributed by atoms with Gasteiger partial charge in [0, 0.05) is 24.6 Å². The lowest BCUT2D eigenvalue weighted by Crippen LogP contribution is -2.40. The smallest absolute Gasteiger partial charge is 0.403 e. The molecular formula is C16H17F3N4O4S. The van der Waals surface area contributed by atoms with Crippen LogP contribution >= 0.6 is 0 Å².